The van der Waals surface area contributed by atoms with Crippen molar-refractivity contribution in [1.29, 1.82) is 0 Å². The summed E-state index contributed by atoms with van der Waals surface area (Å²) in [6.07, 6.45) is 0. The molecule has 0 saturated carbocycles. The van der Waals surface area contributed by atoms with Crippen LogP contribution in [0.2, 0.25) is 0 Å². The number of aliphatic carboxylic acids is 1. The van der Waals surface area contributed by atoms with Crippen molar-refractivity contribution in [1.82, 2.24) is 5.32 Å². The number of carboxylic acid groups (broad SMARTS) is 1. The van der Waals surface area contributed by atoms with Gasteiger partial charge < -0.3 is 19.9 Å². The van der Waals surface area contributed by atoms with Crippen LogP contribution in [0.25, 0.3) is 0 Å². The topological polar surface area (TPSA) is 67.8 Å². The Morgan fingerprint density at radius 2 is 2.00 bits per heavy atom. The Morgan fingerprint density at radius 1 is 1.30 bits per heavy atom. The molecule has 0 aliphatic heterocycles. The van der Waals surface area contributed by atoms with Crippen molar-refractivity contribution in [2.24, 2.45) is 0 Å². The normalized spacial score (nSPS) is 11.2. The van der Waals surface area contributed by atoms with E-state index in [-0.39, 0.29) is 12.1 Å². The van der Waals surface area contributed by atoms with E-state index in [0.717, 1.165) is 5.56 Å². The van der Waals surface area contributed by atoms with Crippen LogP contribution in [0.3, 0.4) is 0 Å². The molecule has 0 aliphatic carbocycles. The Balaban J connectivity index is 2.95. The fourth-order valence-electron chi connectivity index (χ4n) is 1.63. The third-order valence-corrected chi connectivity index (χ3v) is 2.51. The van der Waals surface area contributed by atoms with Gasteiger partial charge in [-0.2, -0.15) is 0 Å². The molecule has 20 heavy (non-hydrogen) atoms. The predicted molar refractivity (Wildman–Crippen MR) is 77.3 cm³/mol. The van der Waals surface area contributed by atoms with Crippen molar-refractivity contribution in [2.45, 2.75) is 39.8 Å². The zero-order chi connectivity index (χ0) is 15.2. The molecule has 1 aromatic rings. The molecule has 0 radical (unpaired) electrons. The van der Waals surface area contributed by atoms with Gasteiger partial charge in [0, 0.05) is 17.6 Å². The summed E-state index contributed by atoms with van der Waals surface area (Å²) in [6.45, 7) is 8.78. The smallest absolute Gasteiger partial charge is 0.341 e. The summed E-state index contributed by atoms with van der Waals surface area (Å²) in [7, 11) is 0. The van der Waals surface area contributed by atoms with Crippen LogP contribution < -0.4 is 14.8 Å². The highest BCUT2D eigenvalue weighted by molar-refractivity contribution is 5.68. The van der Waals surface area contributed by atoms with E-state index in [4.69, 9.17) is 14.6 Å². The Labute approximate surface area is 119 Å². The van der Waals surface area contributed by atoms with Crippen LogP contribution in [0.5, 0.6) is 11.5 Å². The predicted octanol–water partition coefficient (Wildman–Crippen LogP) is 2.44. The summed E-state index contributed by atoms with van der Waals surface area (Å²) >= 11 is 0. The highest BCUT2D eigenvalue weighted by atomic mass is 16.5. The van der Waals surface area contributed by atoms with Crippen molar-refractivity contribution >= 4 is 5.97 Å². The maximum Gasteiger partial charge on any atom is 0.341 e. The van der Waals surface area contributed by atoms with E-state index in [1.165, 1.54) is 0 Å². The Bertz CT molecular complexity index is 452. The number of carbonyl (C=O) groups is 1. The van der Waals surface area contributed by atoms with Gasteiger partial charge in [-0.05, 0) is 33.8 Å². The summed E-state index contributed by atoms with van der Waals surface area (Å²) in [5.74, 6) is 0.0569. The first-order valence-corrected chi connectivity index (χ1v) is 6.68. The second-order valence-corrected chi connectivity index (χ2v) is 5.46. The molecule has 112 valence electrons. The Kier molecular flexibility index (Phi) is 5.82. The lowest BCUT2D eigenvalue weighted by Gasteiger charge is -2.22. The zero-order valence-corrected chi connectivity index (χ0v) is 12.5. The van der Waals surface area contributed by atoms with Crippen LogP contribution in [0.15, 0.2) is 18.2 Å². The molecule has 0 heterocycles. The number of nitrogens with one attached hydrogen (secondary N) is 1. The Hall–Kier alpha value is -1.75. The lowest BCUT2D eigenvalue weighted by molar-refractivity contribution is -0.139. The number of carboxylic acids is 1. The van der Waals surface area contributed by atoms with Crippen molar-refractivity contribution in [3.05, 3.63) is 23.8 Å². The summed E-state index contributed by atoms with van der Waals surface area (Å²) < 4.78 is 10.9. The summed E-state index contributed by atoms with van der Waals surface area (Å²) in [5, 5.41) is 12.1. The van der Waals surface area contributed by atoms with Crippen molar-refractivity contribution in [3.63, 3.8) is 0 Å². The second-order valence-electron chi connectivity index (χ2n) is 5.46. The second kappa shape index (κ2) is 7.14. The minimum atomic E-state index is -1.01. The molecule has 0 atom stereocenters. The van der Waals surface area contributed by atoms with E-state index in [1.807, 2.05) is 19.1 Å². The van der Waals surface area contributed by atoms with Gasteiger partial charge in [-0.15, -0.1) is 0 Å². The lowest BCUT2D eigenvalue weighted by atomic mass is 10.1. The van der Waals surface area contributed by atoms with Gasteiger partial charge in [-0.1, -0.05) is 12.1 Å². The van der Waals surface area contributed by atoms with Crippen LogP contribution >= 0.6 is 0 Å². The highest BCUT2D eigenvalue weighted by Gasteiger charge is 2.15. The van der Waals surface area contributed by atoms with Gasteiger partial charge in [0.2, 0.25) is 0 Å². The van der Waals surface area contributed by atoms with E-state index in [2.05, 4.69) is 26.1 Å². The molecular formula is C15H23NO4. The fourth-order valence-corrected chi connectivity index (χ4v) is 1.63. The minimum absolute atomic E-state index is 0.0360. The number of hydrogen-bond acceptors (Lipinski definition) is 4. The third kappa shape index (κ3) is 5.48. The van der Waals surface area contributed by atoms with Crippen LogP contribution in [-0.4, -0.2) is 29.8 Å². The van der Waals surface area contributed by atoms with E-state index < -0.39 is 5.97 Å². The molecule has 1 aromatic carbocycles. The molecule has 0 bridgehead atoms. The monoisotopic (exact) mass is 281 g/mol. The average Bonchev–Trinajstić information content (AvgIpc) is 2.34. The molecule has 0 saturated heterocycles. The van der Waals surface area contributed by atoms with Crippen molar-refractivity contribution in [2.75, 3.05) is 13.2 Å². The summed E-state index contributed by atoms with van der Waals surface area (Å²) in [5.41, 5.74) is 0.846. The van der Waals surface area contributed by atoms with E-state index in [1.54, 1.807) is 6.07 Å². The van der Waals surface area contributed by atoms with Gasteiger partial charge in [0.05, 0.1) is 6.61 Å². The summed E-state index contributed by atoms with van der Waals surface area (Å²) in [4.78, 5) is 10.7. The number of para-hydroxylation sites is 1. The van der Waals surface area contributed by atoms with Crippen LogP contribution in [0.4, 0.5) is 0 Å². The standard InChI is InChI=1S/C15H23NO4/c1-5-19-12-8-6-7-11(9-16-15(2,3)4)14(12)20-10-13(17)18/h6-8,16H,5,9-10H2,1-4H3,(H,17,18). The molecule has 5 heteroatoms. The molecule has 5 nitrogen and oxygen atoms in total. The van der Waals surface area contributed by atoms with Gasteiger partial charge in [0.25, 0.3) is 0 Å². The molecule has 0 fully saturated rings. The number of hydrogen-bond donors (Lipinski definition) is 2. The highest BCUT2D eigenvalue weighted by Crippen LogP contribution is 2.31. The van der Waals surface area contributed by atoms with E-state index >= 15 is 0 Å². The maximum absolute atomic E-state index is 10.7. The van der Waals surface area contributed by atoms with Crippen LogP contribution in [-0.2, 0) is 11.3 Å². The first kappa shape index (κ1) is 16.3. The summed E-state index contributed by atoms with van der Waals surface area (Å²) in [6, 6.07) is 5.55. The van der Waals surface area contributed by atoms with E-state index in [9.17, 15) is 4.79 Å². The lowest BCUT2D eigenvalue weighted by Crippen LogP contribution is -2.35. The molecule has 0 amide bonds. The largest absolute Gasteiger partial charge is 0.490 e. The maximum atomic E-state index is 10.7. The van der Waals surface area contributed by atoms with E-state index in [0.29, 0.717) is 24.7 Å². The van der Waals surface area contributed by atoms with Gasteiger partial charge in [-0.25, -0.2) is 4.79 Å². The third-order valence-electron chi connectivity index (χ3n) is 2.51. The van der Waals surface area contributed by atoms with Gasteiger partial charge >= 0.3 is 5.97 Å². The molecule has 0 spiro atoms. The minimum Gasteiger partial charge on any atom is -0.490 e. The van der Waals surface area contributed by atoms with Gasteiger partial charge in [-0.3, -0.25) is 0 Å². The van der Waals surface area contributed by atoms with Crippen LogP contribution in [0, 0.1) is 0 Å². The molecule has 0 aliphatic rings. The van der Waals surface area contributed by atoms with Gasteiger partial charge in [0.1, 0.15) is 0 Å². The SMILES string of the molecule is CCOc1cccc(CNC(C)(C)C)c1OCC(=O)O. The van der Waals surface area contributed by atoms with Crippen LogP contribution in [0.1, 0.15) is 33.3 Å². The van der Waals surface area contributed by atoms with Crippen molar-refractivity contribution in [3.8, 4) is 11.5 Å². The average molecular weight is 281 g/mol. The van der Waals surface area contributed by atoms with Gasteiger partial charge in [0.15, 0.2) is 18.1 Å². The first-order valence-electron chi connectivity index (χ1n) is 6.68. The molecule has 0 aromatic heterocycles. The molecule has 0 unspecified atom stereocenters. The zero-order valence-electron chi connectivity index (χ0n) is 12.5. The number of ether oxygens (including phenoxy) is 2. The number of rotatable bonds is 7. The molecule has 2 N–H and O–H groups in total. The number of benzene rings is 1. The Morgan fingerprint density at radius 3 is 2.55 bits per heavy atom. The molecular weight excluding hydrogens is 258 g/mol. The van der Waals surface area contributed by atoms with Crippen molar-refractivity contribution < 1.29 is 19.4 Å². The fraction of sp³-hybridized carbons (Fsp3) is 0.533. The quantitative estimate of drug-likeness (QED) is 0.803. The first-order chi connectivity index (χ1) is 9.33. The molecule has 1 rings (SSSR count).